The second-order valence-electron chi connectivity index (χ2n) is 5.91. The molecule has 3 nitrogen and oxygen atoms in total. The van der Waals surface area contributed by atoms with Gasteiger partial charge >= 0.3 is 0 Å². The van der Waals surface area contributed by atoms with Crippen LogP contribution in [0.25, 0.3) is 11.3 Å². The summed E-state index contributed by atoms with van der Waals surface area (Å²) in [6.45, 7) is 7.42. The molecule has 0 saturated heterocycles. The van der Waals surface area contributed by atoms with Gasteiger partial charge in [0.1, 0.15) is 0 Å². The molecule has 0 fully saturated rings. The Kier molecular flexibility index (Phi) is 5.56. The molecule has 22 heavy (non-hydrogen) atoms. The SMILES string of the molecule is CCCCCn1c(-c2ccc(C)c(C)c2)ccc(CN)c1=O. The number of hydrogen-bond donors (Lipinski definition) is 1. The first-order chi connectivity index (χ1) is 10.6. The number of unbranched alkanes of at least 4 members (excludes halogenated alkanes) is 2. The summed E-state index contributed by atoms with van der Waals surface area (Å²) in [6, 6.07) is 10.3. The summed E-state index contributed by atoms with van der Waals surface area (Å²) in [5, 5.41) is 0. The van der Waals surface area contributed by atoms with Gasteiger partial charge in [-0.05, 0) is 49.1 Å². The first-order valence-corrected chi connectivity index (χ1v) is 8.09. The highest BCUT2D eigenvalue weighted by Gasteiger charge is 2.10. The predicted molar refractivity (Wildman–Crippen MR) is 93.0 cm³/mol. The third-order valence-corrected chi connectivity index (χ3v) is 4.26. The molecule has 0 amide bonds. The first kappa shape index (κ1) is 16.5. The minimum absolute atomic E-state index is 0.0503. The number of benzene rings is 1. The molecule has 118 valence electrons. The van der Waals surface area contributed by atoms with E-state index in [0.29, 0.717) is 12.1 Å². The van der Waals surface area contributed by atoms with Crippen molar-refractivity contribution in [3.05, 3.63) is 57.4 Å². The van der Waals surface area contributed by atoms with Crippen molar-refractivity contribution in [3.8, 4) is 11.3 Å². The van der Waals surface area contributed by atoms with Crippen LogP contribution in [0.4, 0.5) is 0 Å². The second kappa shape index (κ2) is 7.41. The molecule has 0 aliphatic rings. The lowest BCUT2D eigenvalue weighted by molar-refractivity contribution is 0.588. The van der Waals surface area contributed by atoms with Crippen molar-refractivity contribution in [2.24, 2.45) is 5.73 Å². The molecule has 0 unspecified atom stereocenters. The molecule has 1 aromatic heterocycles. The lowest BCUT2D eigenvalue weighted by atomic mass is 10.0. The summed E-state index contributed by atoms with van der Waals surface area (Å²) in [7, 11) is 0. The number of hydrogen-bond acceptors (Lipinski definition) is 2. The van der Waals surface area contributed by atoms with E-state index in [4.69, 9.17) is 5.73 Å². The fourth-order valence-electron chi connectivity index (χ4n) is 2.67. The maximum Gasteiger partial charge on any atom is 0.255 e. The van der Waals surface area contributed by atoms with Crippen LogP contribution in [0.3, 0.4) is 0 Å². The Bertz CT molecular complexity index is 701. The molecule has 0 radical (unpaired) electrons. The van der Waals surface area contributed by atoms with Crippen LogP contribution < -0.4 is 11.3 Å². The molecular formula is C19H26N2O. The van der Waals surface area contributed by atoms with Gasteiger partial charge in [-0.2, -0.15) is 0 Å². The topological polar surface area (TPSA) is 48.0 Å². The molecule has 1 heterocycles. The largest absolute Gasteiger partial charge is 0.326 e. The predicted octanol–water partition coefficient (Wildman–Crippen LogP) is 3.78. The molecule has 2 N–H and O–H groups in total. The summed E-state index contributed by atoms with van der Waals surface area (Å²) >= 11 is 0. The molecule has 0 aliphatic carbocycles. The van der Waals surface area contributed by atoms with Gasteiger partial charge in [-0.15, -0.1) is 0 Å². The van der Waals surface area contributed by atoms with Crippen LogP contribution in [0.5, 0.6) is 0 Å². The Morgan fingerprint density at radius 3 is 2.45 bits per heavy atom. The van der Waals surface area contributed by atoms with Crippen molar-refractivity contribution in [3.63, 3.8) is 0 Å². The number of pyridine rings is 1. The van der Waals surface area contributed by atoms with Gasteiger partial charge in [0.05, 0.1) is 5.69 Å². The maximum atomic E-state index is 12.6. The molecule has 3 heteroatoms. The van der Waals surface area contributed by atoms with Crippen LogP contribution in [-0.2, 0) is 13.1 Å². The van der Waals surface area contributed by atoms with E-state index in [1.165, 1.54) is 11.1 Å². The van der Waals surface area contributed by atoms with Crippen LogP contribution in [0.2, 0.25) is 0 Å². The molecule has 2 aromatic rings. The normalized spacial score (nSPS) is 10.9. The van der Waals surface area contributed by atoms with Gasteiger partial charge in [0, 0.05) is 18.7 Å². The minimum atomic E-state index is 0.0503. The average molecular weight is 298 g/mol. The molecule has 0 saturated carbocycles. The van der Waals surface area contributed by atoms with E-state index < -0.39 is 0 Å². The van der Waals surface area contributed by atoms with E-state index in [2.05, 4.69) is 39.0 Å². The van der Waals surface area contributed by atoms with Crippen LogP contribution in [0.1, 0.15) is 42.9 Å². The molecule has 1 aromatic carbocycles. The Balaban J connectivity index is 2.51. The number of aromatic nitrogens is 1. The van der Waals surface area contributed by atoms with Gasteiger partial charge in [0.2, 0.25) is 0 Å². The summed E-state index contributed by atoms with van der Waals surface area (Å²) < 4.78 is 1.89. The lowest BCUT2D eigenvalue weighted by Crippen LogP contribution is -2.26. The van der Waals surface area contributed by atoms with Crippen molar-refractivity contribution in [1.29, 1.82) is 0 Å². The van der Waals surface area contributed by atoms with Gasteiger partial charge in [-0.1, -0.05) is 38.0 Å². The van der Waals surface area contributed by atoms with E-state index in [9.17, 15) is 4.79 Å². The van der Waals surface area contributed by atoms with E-state index >= 15 is 0 Å². The van der Waals surface area contributed by atoms with Gasteiger partial charge in [-0.25, -0.2) is 0 Å². The van der Waals surface area contributed by atoms with Gasteiger partial charge < -0.3 is 10.3 Å². The van der Waals surface area contributed by atoms with E-state index in [1.807, 2.05) is 16.7 Å². The minimum Gasteiger partial charge on any atom is -0.326 e. The van der Waals surface area contributed by atoms with Crippen molar-refractivity contribution >= 4 is 0 Å². The smallest absolute Gasteiger partial charge is 0.255 e. The monoisotopic (exact) mass is 298 g/mol. The lowest BCUT2D eigenvalue weighted by Gasteiger charge is -2.15. The molecule has 0 spiro atoms. The van der Waals surface area contributed by atoms with Gasteiger partial charge in [-0.3, -0.25) is 4.79 Å². The number of nitrogens with zero attached hydrogens (tertiary/aromatic N) is 1. The summed E-state index contributed by atoms with van der Waals surface area (Å²) in [6.07, 6.45) is 3.29. The van der Waals surface area contributed by atoms with E-state index in [1.54, 1.807) is 0 Å². The molecule has 0 bridgehead atoms. The highest BCUT2D eigenvalue weighted by molar-refractivity contribution is 5.61. The fraction of sp³-hybridized carbons (Fsp3) is 0.421. The summed E-state index contributed by atoms with van der Waals surface area (Å²) in [5.41, 5.74) is 11.0. The second-order valence-corrected chi connectivity index (χ2v) is 5.91. The third-order valence-electron chi connectivity index (χ3n) is 4.26. The average Bonchev–Trinajstić information content (AvgIpc) is 2.51. The number of nitrogens with two attached hydrogens (primary N) is 1. The zero-order valence-corrected chi connectivity index (χ0v) is 13.9. The van der Waals surface area contributed by atoms with Crippen molar-refractivity contribution < 1.29 is 0 Å². The molecule has 0 atom stereocenters. The standard InChI is InChI=1S/C19H26N2O/c1-4-5-6-11-21-18(10-9-17(13-20)19(21)22)16-8-7-14(2)15(3)12-16/h7-10,12H,4-6,11,13,20H2,1-3H3. The Morgan fingerprint density at radius 1 is 1.05 bits per heavy atom. The van der Waals surface area contributed by atoms with E-state index in [0.717, 1.165) is 37.1 Å². The Morgan fingerprint density at radius 2 is 1.82 bits per heavy atom. The van der Waals surface area contributed by atoms with Gasteiger partial charge in [0.15, 0.2) is 0 Å². The molecular weight excluding hydrogens is 272 g/mol. The van der Waals surface area contributed by atoms with E-state index in [-0.39, 0.29) is 5.56 Å². The zero-order valence-electron chi connectivity index (χ0n) is 13.9. The Hall–Kier alpha value is -1.87. The van der Waals surface area contributed by atoms with Crippen LogP contribution in [-0.4, -0.2) is 4.57 Å². The van der Waals surface area contributed by atoms with Crippen molar-refractivity contribution in [2.75, 3.05) is 0 Å². The first-order valence-electron chi connectivity index (χ1n) is 8.09. The van der Waals surface area contributed by atoms with Crippen LogP contribution in [0, 0.1) is 13.8 Å². The summed E-state index contributed by atoms with van der Waals surface area (Å²) in [4.78, 5) is 12.6. The fourth-order valence-corrected chi connectivity index (χ4v) is 2.67. The van der Waals surface area contributed by atoms with Crippen molar-refractivity contribution in [2.45, 2.75) is 53.1 Å². The third kappa shape index (κ3) is 3.47. The number of aryl methyl sites for hydroxylation is 2. The summed E-state index contributed by atoms with van der Waals surface area (Å²) in [5.74, 6) is 0. The highest BCUT2D eigenvalue weighted by Crippen LogP contribution is 2.22. The van der Waals surface area contributed by atoms with Crippen LogP contribution in [0.15, 0.2) is 35.1 Å². The molecule has 0 aliphatic heterocycles. The maximum absolute atomic E-state index is 12.6. The zero-order chi connectivity index (χ0) is 16.1. The molecule has 2 rings (SSSR count). The van der Waals surface area contributed by atoms with Gasteiger partial charge in [0.25, 0.3) is 5.56 Å². The Labute approximate surface area is 132 Å². The quantitative estimate of drug-likeness (QED) is 0.825. The number of rotatable bonds is 6. The van der Waals surface area contributed by atoms with Crippen LogP contribution >= 0.6 is 0 Å². The highest BCUT2D eigenvalue weighted by atomic mass is 16.1. The van der Waals surface area contributed by atoms with Crippen molar-refractivity contribution in [1.82, 2.24) is 4.57 Å².